The Kier molecular flexibility index (Phi) is 4.96. The second-order valence-corrected chi connectivity index (χ2v) is 4.91. The number of methoxy groups -OCH3 is 1. The van der Waals surface area contributed by atoms with Crippen molar-refractivity contribution in [2.24, 2.45) is 0 Å². The number of hydrogen-bond acceptors (Lipinski definition) is 4. The van der Waals surface area contributed by atoms with E-state index < -0.39 is 0 Å². The van der Waals surface area contributed by atoms with Crippen LogP contribution in [0, 0.1) is 0 Å². The first-order chi connectivity index (χ1) is 9.69. The maximum Gasteiger partial charge on any atom is 0.128 e. The number of rotatable bonds is 6. The second kappa shape index (κ2) is 6.91. The van der Waals surface area contributed by atoms with E-state index in [2.05, 4.69) is 34.6 Å². The molecule has 106 valence electrons. The fraction of sp³-hybridized carbons (Fsp3) is 0.312. The molecule has 1 aromatic heterocycles. The van der Waals surface area contributed by atoms with E-state index in [1.807, 2.05) is 37.3 Å². The quantitative estimate of drug-likeness (QED) is 0.876. The molecule has 0 fully saturated rings. The first-order valence-corrected chi connectivity index (χ1v) is 6.63. The molecular weight excluding hydrogens is 250 g/mol. The average molecular weight is 271 g/mol. The number of nitrogens with zero attached hydrogens (tertiary/aromatic N) is 2. The van der Waals surface area contributed by atoms with Crippen LogP contribution >= 0.6 is 0 Å². The standard InChI is InChI=1S/C16H21N3O/c1-19(2)16-8-7-15(11-18-16)17-10-13-5-4-6-14(9-13)12-20-3/h4-9,11,17H,10,12H2,1-3H3. The lowest BCUT2D eigenvalue weighted by Crippen LogP contribution is -2.10. The Labute approximate surface area is 120 Å². The van der Waals surface area contributed by atoms with Gasteiger partial charge in [-0.05, 0) is 23.3 Å². The van der Waals surface area contributed by atoms with Gasteiger partial charge in [-0.3, -0.25) is 0 Å². The SMILES string of the molecule is COCc1cccc(CNc2ccc(N(C)C)nc2)c1. The molecule has 0 amide bonds. The van der Waals surface area contributed by atoms with E-state index in [-0.39, 0.29) is 0 Å². The van der Waals surface area contributed by atoms with Crippen molar-refractivity contribution >= 4 is 11.5 Å². The topological polar surface area (TPSA) is 37.4 Å². The molecule has 4 nitrogen and oxygen atoms in total. The van der Waals surface area contributed by atoms with E-state index in [1.54, 1.807) is 7.11 Å². The summed E-state index contributed by atoms with van der Waals surface area (Å²) in [5, 5.41) is 3.37. The summed E-state index contributed by atoms with van der Waals surface area (Å²) in [7, 11) is 5.68. The van der Waals surface area contributed by atoms with E-state index in [4.69, 9.17) is 4.74 Å². The summed E-state index contributed by atoms with van der Waals surface area (Å²) in [6, 6.07) is 12.4. The maximum atomic E-state index is 5.15. The third kappa shape index (κ3) is 3.96. The lowest BCUT2D eigenvalue weighted by molar-refractivity contribution is 0.185. The zero-order valence-electron chi connectivity index (χ0n) is 12.3. The number of anilines is 2. The van der Waals surface area contributed by atoms with Crippen LogP contribution in [0.4, 0.5) is 11.5 Å². The first kappa shape index (κ1) is 14.3. The van der Waals surface area contributed by atoms with E-state index in [0.717, 1.165) is 18.1 Å². The molecule has 4 heteroatoms. The zero-order chi connectivity index (χ0) is 14.4. The Morgan fingerprint density at radius 1 is 1.15 bits per heavy atom. The summed E-state index contributed by atoms with van der Waals surface area (Å²) in [4.78, 5) is 6.37. The van der Waals surface area contributed by atoms with Gasteiger partial charge in [0.25, 0.3) is 0 Å². The zero-order valence-corrected chi connectivity index (χ0v) is 12.3. The van der Waals surface area contributed by atoms with Gasteiger partial charge in [0.15, 0.2) is 0 Å². The largest absolute Gasteiger partial charge is 0.380 e. The Hall–Kier alpha value is -2.07. The van der Waals surface area contributed by atoms with Crippen LogP contribution < -0.4 is 10.2 Å². The summed E-state index contributed by atoms with van der Waals surface area (Å²) in [6.07, 6.45) is 1.86. The highest BCUT2D eigenvalue weighted by Gasteiger charge is 1.99. The molecule has 0 atom stereocenters. The van der Waals surface area contributed by atoms with Crippen molar-refractivity contribution in [2.45, 2.75) is 13.2 Å². The summed E-state index contributed by atoms with van der Waals surface area (Å²) >= 11 is 0. The van der Waals surface area contributed by atoms with Crippen molar-refractivity contribution < 1.29 is 4.74 Å². The van der Waals surface area contributed by atoms with Crippen LogP contribution in [0.5, 0.6) is 0 Å². The Bertz CT molecular complexity index is 538. The Morgan fingerprint density at radius 2 is 1.95 bits per heavy atom. The van der Waals surface area contributed by atoms with Gasteiger partial charge in [-0.25, -0.2) is 4.98 Å². The van der Waals surface area contributed by atoms with Crippen molar-refractivity contribution in [1.82, 2.24) is 4.98 Å². The predicted molar refractivity (Wildman–Crippen MR) is 83.0 cm³/mol. The van der Waals surface area contributed by atoms with E-state index in [9.17, 15) is 0 Å². The number of hydrogen-bond donors (Lipinski definition) is 1. The average Bonchev–Trinajstić information content (AvgIpc) is 2.46. The lowest BCUT2D eigenvalue weighted by atomic mass is 10.1. The van der Waals surface area contributed by atoms with Crippen LogP contribution in [0.15, 0.2) is 42.6 Å². The molecule has 0 bridgehead atoms. The highest BCUT2D eigenvalue weighted by molar-refractivity contribution is 5.48. The van der Waals surface area contributed by atoms with Crippen LogP contribution in [-0.4, -0.2) is 26.2 Å². The molecule has 1 N–H and O–H groups in total. The molecule has 0 spiro atoms. The summed E-state index contributed by atoms with van der Waals surface area (Å²) in [6.45, 7) is 1.42. The number of benzene rings is 1. The molecule has 20 heavy (non-hydrogen) atoms. The predicted octanol–water partition coefficient (Wildman–Crippen LogP) is 2.91. The summed E-state index contributed by atoms with van der Waals surface area (Å²) < 4.78 is 5.15. The van der Waals surface area contributed by atoms with Gasteiger partial charge in [-0.2, -0.15) is 0 Å². The highest BCUT2D eigenvalue weighted by atomic mass is 16.5. The fourth-order valence-electron chi connectivity index (χ4n) is 1.96. The van der Waals surface area contributed by atoms with Crippen molar-refractivity contribution in [3.05, 3.63) is 53.7 Å². The minimum absolute atomic E-state index is 0.646. The van der Waals surface area contributed by atoms with Crippen molar-refractivity contribution in [3.8, 4) is 0 Å². The third-order valence-electron chi connectivity index (χ3n) is 3.01. The van der Waals surface area contributed by atoms with Crippen LogP contribution in [0.25, 0.3) is 0 Å². The molecule has 0 aliphatic heterocycles. The van der Waals surface area contributed by atoms with Gasteiger partial charge in [0.1, 0.15) is 5.82 Å². The van der Waals surface area contributed by atoms with Gasteiger partial charge in [0, 0.05) is 27.7 Å². The fourth-order valence-corrected chi connectivity index (χ4v) is 1.96. The van der Waals surface area contributed by atoms with Crippen LogP contribution in [0.2, 0.25) is 0 Å². The molecule has 1 aromatic carbocycles. The molecule has 0 radical (unpaired) electrons. The highest BCUT2D eigenvalue weighted by Crippen LogP contribution is 2.13. The van der Waals surface area contributed by atoms with Gasteiger partial charge >= 0.3 is 0 Å². The van der Waals surface area contributed by atoms with Crippen LogP contribution in [0.3, 0.4) is 0 Å². The van der Waals surface area contributed by atoms with E-state index >= 15 is 0 Å². The smallest absolute Gasteiger partial charge is 0.128 e. The monoisotopic (exact) mass is 271 g/mol. The molecule has 0 aliphatic carbocycles. The summed E-state index contributed by atoms with van der Waals surface area (Å²) in [5.41, 5.74) is 3.44. The van der Waals surface area contributed by atoms with Gasteiger partial charge in [0.05, 0.1) is 18.5 Å². The lowest BCUT2D eigenvalue weighted by Gasteiger charge is -2.12. The number of aromatic nitrogens is 1. The number of pyridine rings is 1. The maximum absolute atomic E-state index is 5.15. The Morgan fingerprint density at radius 3 is 2.60 bits per heavy atom. The minimum Gasteiger partial charge on any atom is -0.380 e. The second-order valence-electron chi connectivity index (χ2n) is 4.91. The molecule has 2 aromatic rings. The first-order valence-electron chi connectivity index (χ1n) is 6.63. The number of nitrogens with one attached hydrogen (secondary N) is 1. The van der Waals surface area contributed by atoms with E-state index in [1.165, 1.54) is 11.1 Å². The molecule has 0 unspecified atom stereocenters. The molecule has 0 saturated carbocycles. The molecule has 0 aliphatic rings. The number of ether oxygens (including phenoxy) is 1. The third-order valence-corrected chi connectivity index (χ3v) is 3.01. The van der Waals surface area contributed by atoms with Gasteiger partial charge in [-0.1, -0.05) is 24.3 Å². The van der Waals surface area contributed by atoms with Gasteiger partial charge in [-0.15, -0.1) is 0 Å². The van der Waals surface area contributed by atoms with Gasteiger partial charge < -0.3 is 15.0 Å². The van der Waals surface area contributed by atoms with Crippen molar-refractivity contribution in [2.75, 3.05) is 31.4 Å². The molecule has 2 rings (SSSR count). The van der Waals surface area contributed by atoms with Crippen LogP contribution in [-0.2, 0) is 17.9 Å². The van der Waals surface area contributed by atoms with Gasteiger partial charge in [0.2, 0.25) is 0 Å². The minimum atomic E-state index is 0.646. The van der Waals surface area contributed by atoms with Crippen LogP contribution in [0.1, 0.15) is 11.1 Å². The van der Waals surface area contributed by atoms with E-state index in [0.29, 0.717) is 6.61 Å². The normalized spacial score (nSPS) is 10.3. The molecule has 0 saturated heterocycles. The molecular formula is C16H21N3O. The van der Waals surface area contributed by atoms with Crippen molar-refractivity contribution in [1.29, 1.82) is 0 Å². The summed E-state index contributed by atoms with van der Waals surface area (Å²) in [5.74, 6) is 0.956. The van der Waals surface area contributed by atoms with Crippen molar-refractivity contribution in [3.63, 3.8) is 0 Å². The Balaban J connectivity index is 1.96. The molecule has 1 heterocycles.